The van der Waals surface area contributed by atoms with Crippen LogP contribution in [-0.4, -0.2) is 4.98 Å². The van der Waals surface area contributed by atoms with Gasteiger partial charge in [-0.3, -0.25) is 4.98 Å². The van der Waals surface area contributed by atoms with Crippen molar-refractivity contribution in [2.45, 2.75) is 6.42 Å². The highest BCUT2D eigenvalue weighted by atomic mass is 79.9. The monoisotopic (exact) mass is 386 g/mol. The topological polar surface area (TPSA) is 86.5 Å². The Bertz CT molecular complexity index is 1110. The minimum atomic E-state index is 0.239. The normalized spacial score (nSPS) is 11.3. The molecule has 5 heteroatoms. The number of rotatable bonds is 1. The molecule has 0 spiro atoms. The van der Waals surface area contributed by atoms with Crippen molar-refractivity contribution >= 4 is 21.6 Å². The summed E-state index contributed by atoms with van der Waals surface area (Å²) in [4.78, 5) is 4.06. The lowest BCUT2D eigenvalue weighted by molar-refractivity contribution is 1.24. The van der Waals surface area contributed by atoms with E-state index in [0.29, 0.717) is 17.5 Å². The summed E-state index contributed by atoms with van der Waals surface area (Å²) in [7, 11) is 0. The van der Waals surface area contributed by atoms with E-state index in [1.54, 1.807) is 12.4 Å². The van der Waals surface area contributed by atoms with E-state index in [9.17, 15) is 10.5 Å². The molecule has 0 fully saturated rings. The van der Waals surface area contributed by atoms with Gasteiger partial charge < -0.3 is 5.73 Å². The molecular weight excluding hydrogens is 376 g/mol. The molecule has 1 aliphatic rings. The molecule has 25 heavy (non-hydrogen) atoms. The molecule has 0 amide bonds. The Morgan fingerprint density at radius 2 is 1.64 bits per heavy atom. The number of hydrogen-bond acceptors (Lipinski definition) is 4. The van der Waals surface area contributed by atoms with Gasteiger partial charge in [0, 0.05) is 34.4 Å². The number of aromatic nitrogens is 1. The maximum Gasteiger partial charge on any atom is 0.102 e. The average Bonchev–Trinajstić information content (AvgIpc) is 3.02. The van der Waals surface area contributed by atoms with Crippen LogP contribution in [0.15, 0.2) is 47.2 Å². The Labute approximate surface area is 153 Å². The van der Waals surface area contributed by atoms with Gasteiger partial charge in [0.05, 0.1) is 16.8 Å². The molecule has 0 bridgehead atoms. The van der Waals surface area contributed by atoms with Crippen molar-refractivity contribution in [3.05, 3.63) is 69.5 Å². The van der Waals surface area contributed by atoms with Gasteiger partial charge in [0.15, 0.2) is 0 Å². The standard InChI is InChI=1S/C20H11BrN4/c21-17-3-1-2-12-13(17)8-14-18(11-4-6-25-7-5-11)15(9-22)20(24)16(10-23)19(12)14/h1-7H,8,24H2. The minimum Gasteiger partial charge on any atom is -0.397 e. The minimum absolute atomic E-state index is 0.239. The van der Waals surface area contributed by atoms with Gasteiger partial charge in [-0.1, -0.05) is 28.1 Å². The molecule has 0 radical (unpaired) electrons. The van der Waals surface area contributed by atoms with Gasteiger partial charge in [0.1, 0.15) is 12.1 Å². The Kier molecular flexibility index (Phi) is 3.53. The fourth-order valence-corrected chi connectivity index (χ4v) is 4.02. The van der Waals surface area contributed by atoms with Gasteiger partial charge in [0.2, 0.25) is 0 Å². The summed E-state index contributed by atoms with van der Waals surface area (Å²) in [5.74, 6) is 0. The Balaban J connectivity index is 2.17. The summed E-state index contributed by atoms with van der Waals surface area (Å²) in [5.41, 5.74) is 12.8. The van der Waals surface area contributed by atoms with Crippen LogP contribution in [0.3, 0.4) is 0 Å². The van der Waals surface area contributed by atoms with Gasteiger partial charge >= 0.3 is 0 Å². The van der Waals surface area contributed by atoms with E-state index >= 15 is 0 Å². The van der Waals surface area contributed by atoms with E-state index in [-0.39, 0.29) is 5.69 Å². The fourth-order valence-electron chi connectivity index (χ4n) is 3.51. The van der Waals surface area contributed by atoms with E-state index in [0.717, 1.165) is 37.9 Å². The van der Waals surface area contributed by atoms with Crippen LogP contribution >= 0.6 is 15.9 Å². The smallest absolute Gasteiger partial charge is 0.102 e. The van der Waals surface area contributed by atoms with Gasteiger partial charge in [-0.25, -0.2) is 0 Å². The number of pyridine rings is 1. The first-order valence-electron chi connectivity index (χ1n) is 7.64. The van der Waals surface area contributed by atoms with Crippen LogP contribution in [0.4, 0.5) is 5.69 Å². The molecule has 4 rings (SSSR count). The number of halogens is 1. The van der Waals surface area contributed by atoms with Gasteiger partial charge in [-0.05, 0) is 40.5 Å². The molecule has 2 aromatic carbocycles. The number of nitrogens with zero attached hydrogens (tertiary/aromatic N) is 3. The summed E-state index contributed by atoms with van der Waals surface area (Å²) in [6, 6.07) is 14.1. The second-order valence-corrected chi connectivity index (χ2v) is 6.65. The van der Waals surface area contributed by atoms with E-state index in [1.807, 2.05) is 30.3 Å². The summed E-state index contributed by atoms with van der Waals surface area (Å²) in [6.45, 7) is 0. The van der Waals surface area contributed by atoms with Crippen LogP contribution < -0.4 is 5.73 Å². The molecule has 0 saturated heterocycles. The quantitative estimate of drug-likeness (QED) is 0.490. The highest BCUT2D eigenvalue weighted by Gasteiger charge is 2.30. The Hall–Kier alpha value is -3.15. The summed E-state index contributed by atoms with van der Waals surface area (Å²) in [6.07, 6.45) is 4.03. The number of hydrogen-bond donors (Lipinski definition) is 1. The first-order valence-corrected chi connectivity index (χ1v) is 8.43. The predicted octanol–water partition coefficient (Wildman–Crippen LogP) is 4.41. The number of nitrogens with two attached hydrogens (primary N) is 1. The van der Waals surface area contributed by atoms with Gasteiger partial charge in [-0.2, -0.15) is 10.5 Å². The first-order chi connectivity index (χ1) is 12.2. The molecule has 1 aromatic heterocycles. The van der Waals surface area contributed by atoms with Gasteiger partial charge in [-0.15, -0.1) is 0 Å². The lowest BCUT2D eigenvalue weighted by Gasteiger charge is -2.15. The lowest BCUT2D eigenvalue weighted by atomic mass is 9.87. The molecule has 0 atom stereocenters. The number of nitrogen functional groups attached to an aromatic ring is 1. The zero-order valence-corrected chi connectivity index (χ0v) is 14.6. The maximum absolute atomic E-state index is 9.72. The predicted molar refractivity (Wildman–Crippen MR) is 99.5 cm³/mol. The SMILES string of the molecule is N#Cc1c(N)c(C#N)c2c(c1-c1ccncc1)Cc1c(Br)cccc1-2. The van der Waals surface area contributed by atoms with Crippen LogP contribution in [0, 0.1) is 22.7 Å². The van der Waals surface area contributed by atoms with E-state index in [4.69, 9.17) is 5.73 Å². The molecule has 0 aliphatic heterocycles. The van der Waals surface area contributed by atoms with Crippen molar-refractivity contribution in [3.63, 3.8) is 0 Å². The van der Waals surface area contributed by atoms with Crippen LogP contribution in [0.5, 0.6) is 0 Å². The number of fused-ring (bicyclic) bond motifs is 3. The molecule has 3 aromatic rings. The van der Waals surface area contributed by atoms with Crippen LogP contribution in [0.25, 0.3) is 22.3 Å². The molecule has 4 nitrogen and oxygen atoms in total. The van der Waals surface area contributed by atoms with Crippen molar-refractivity contribution < 1.29 is 0 Å². The van der Waals surface area contributed by atoms with E-state index < -0.39 is 0 Å². The van der Waals surface area contributed by atoms with Crippen LogP contribution in [-0.2, 0) is 6.42 Å². The molecule has 0 unspecified atom stereocenters. The lowest BCUT2D eigenvalue weighted by Crippen LogP contribution is -2.03. The molecule has 118 valence electrons. The summed E-state index contributed by atoms with van der Waals surface area (Å²) in [5, 5.41) is 19.4. The third-order valence-electron chi connectivity index (χ3n) is 4.58. The highest BCUT2D eigenvalue weighted by molar-refractivity contribution is 9.10. The van der Waals surface area contributed by atoms with Crippen molar-refractivity contribution in [2.75, 3.05) is 5.73 Å². The molecule has 2 N–H and O–H groups in total. The zero-order valence-electron chi connectivity index (χ0n) is 13.0. The maximum atomic E-state index is 9.72. The Morgan fingerprint density at radius 3 is 2.32 bits per heavy atom. The van der Waals surface area contributed by atoms with Crippen molar-refractivity contribution in [2.24, 2.45) is 0 Å². The van der Waals surface area contributed by atoms with Crippen molar-refractivity contribution in [1.82, 2.24) is 4.98 Å². The molecule has 1 heterocycles. The van der Waals surface area contributed by atoms with Crippen molar-refractivity contribution in [3.8, 4) is 34.4 Å². The Morgan fingerprint density at radius 1 is 0.960 bits per heavy atom. The van der Waals surface area contributed by atoms with E-state index in [1.165, 1.54) is 0 Å². The van der Waals surface area contributed by atoms with Gasteiger partial charge in [0.25, 0.3) is 0 Å². The van der Waals surface area contributed by atoms with Crippen LogP contribution in [0.1, 0.15) is 22.3 Å². The highest BCUT2D eigenvalue weighted by Crippen LogP contribution is 2.49. The number of benzene rings is 2. The number of anilines is 1. The summed E-state index contributed by atoms with van der Waals surface area (Å²) >= 11 is 3.60. The second-order valence-electron chi connectivity index (χ2n) is 5.79. The molecule has 0 saturated carbocycles. The van der Waals surface area contributed by atoms with E-state index in [2.05, 4.69) is 33.1 Å². The molecular formula is C20H11BrN4. The van der Waals surface area contributed by atoms with Crippen molar-refractivity contribution in [1.29, 1.82) is 10.5 Å². The number of nitriles is 2. The third-order valence-corrected chi connectivity index (χ3v) is 5.32. The fraction of sp³-hybridized carbons (Fsp3) is 0.0500. The molecule has 1 aliphatic carbocycles. The average molecular weight is 387 g/mol. The first kappa shape index (κ1) is 15.4. The largest absolute Gasteiger partial charge is 0.397 e. The van der Waals surface area contributed by atoms with Crippen LogP contribution in [0.2, 0.25) is 0 Å². The summed E-state index contributed by atoms with van der Waals surface area (Å²) < 4.78 is 0.989. The zero-order chi connectivity index (χ0) is 17.6. The second kappa shape index (κ2) is 5.73. The third kappa shape index (κ3) is 2.14.